The van der Waals surface area contributed by atoms with Gasteiger partial charge in [-0.3, -0.25) is 0 Å². The predicted octanol–water partition coefficient (Wildman–Crippen LogP) is 0.968. The van der Waals surface area contributed by atoms with Crippen LogP contribution in [0.25, 0.3) is 0 Å². The molecular weight excluding hydrogens is 152 g/mol. The average molecular weight is 162 g/mol. The third-order valence-corrected chi connectivity index (χ3v) is 1.70. The van der Waals surface area contributed by atoms with E-state index in [1.165, 1.54) is 0 Å². The van der Waals surface area contributed by atoms with Crippen LogP contribution in [0.4, 0.5) is 0 Å². The van der Waals surface area contributed by atoms with Crippen molar-refractivity contribution >= 4 is 5.84 Å². The first-order valence-electron chi connectivity index (χ1n) is 3.88. The predicted molar refractivity (Wildman–Crippen MR) is 46.9 cm³/mol. The molecule has 1 aromatic carbocycles. The summed E-state index contributed by atoms with van der Waals surface area (Å²) in [5.74, 6) is 0.918. The van der Waals surface area contributed by atoms with E-state index in [9.17, 15) is 0 Å². The van der Waals surface area contributed by atoms with Crippen molar-refractivity contribution < 1.29 is 4.74 Å². The highest BCUT2D eigenvalue weighted by Crippen LogP contribution is 2.01. The third-order valence-electron chi connectivity index (χ3n) is 1.70. The fourth-order valence-corrected chi connectivity index (χ4v) is 1.12. The first kappa shape index (κ1) is 7.31. The highest BCUT2D eigenvalue weighted by atomic mass is 16.5. The third kappa shape index (κ3) is 1.46. The molecule has 0 atom stereocenters. The number of ether oxygens (including phenoxy) is 1. The van der Waals surface area contributed by atoms with E-state index >= 15 is 0 Å². The van der Waals surface area contributed by atoms with E-state index in [1.54, 1.807) is 0 Å². The van der Waals surface area contributed by atoms with Crippen molar-refractivity contribution in [2.45, 2.75) is 0 Å². The molecule has 0 unspecified atom stereocenters. The zero-order valence-corrected chi connectivity index (χ0v) is 6.66. The van der Waals surface area contributed by atoms with Crippen LogP contribution in [0.15, 0.2) is 35.3 Å². The van der Waals surface area contributed by atoms with Crippen LogP contribution in [-0.2, 0) is 4.74 Å². The lowest BCUT2D eigenvalue weighted by Crippen LogP contribution is -2.31. The summed E-state index contributed by atoms with van der Waals surface area (Å²) < 4.78 is 5.02. The van der Waals surface area contributed by atoms with Crippen LogP contribution in [0.5, 0.6) is 0 Å². The van der Waals surface area contributed by atoms with Gasteiger partial charge in [-0.05, 0) is 0 Å². The van der Waals surface area contributed by atoms with Crippen molar-refractivity contribution in [1.82, 2.24) is 5.32 Å². The van der Waals surface area contributed by atoms with E-state index in [4.69, 9.17) is 4.74 Å². The molecule has 0 aliphatic carbocycles. The number of nitrogens with one attached hydrogen (secondary N) is 1. The van der Waals surface area contributed by atoms with Crippen LogP contribution < -0.4 is 5.32 Å². The maximum atomic E-state index is 5.02. The fourth-order valence-electron chi connectivity index (χ4n) is 1.12. The Labute approximate surface area is 71.1 Å². The van der Waals surface area contributed by atoms with Crippen molar-refractivity contribution in [3.63, 3.8) is 0 Å². The summed E-state index contributed by atoms with van der Waals surface area (Å²) in [6.45, 7) is 1.00. The zero-order chi connectivity index (χ0) is 8.23. The largest absolute Gasteiger partial charge is 0.347 e. The molecular formula is C9H10N2O. The van der Waals surface area contributed by atoms with Crippen LogP contribution in [0.1, 0.15) is 5.56 Å². The second-order valence-corrected chi connectivity index (χ2v) is 2.53. The van der Waals surface area contributed by atoms with Gasteiger partial charge in [0.15, 0.2) is 0 Å². The summed E-state index contributed by atoms with van der Waals surface area (Å²) in [5.41, 5.74) is 1.11. The molecule has 3 nitrogen and oxygen atoms in total. The minimum atomic E-state index is 0.456. The Balaban J connectivity index is 2.24. The molecule has 0 spiro atoms. The monoisotopic (exact) mass is 162 g/mol. The smallest absolute Gasteiger partial charge is 0.142 e. The second-order valence-electron chi connectivity index (χ2n) is 2.53. The number of rotatable bonds is 1. The van der Waals surface area contributed by atoms with Crippen molar-refractivity contribution in [2.75, 3.05) is 13.5 Å². The highest BCUT2D eigenvalue weighted by Gasteiger charge is 2.04. The highest BCUT2D eigenvalue weighted by molar-refractivity contribution is 5.98. The number of hydrogen-bond acceptors (Lipinski definition) is 3. The van der Waals surface area contributed by atoms with Gasteiger partial charge in [0.05, 0.1) is 0 Å². The van der Waals surface area contributed by atoms with Crippen LogP contribution in [0.2, 0.25) is 0 Å². The first-order valence-corrected chi connectivity index (χ1v) is 3.88. The summed E-state index contributed by atoms with van der Waals surface area (Å²) in [6, 6.07) is 10.0. The summed E-state index contributed by atoms with van der Waals surface area (Å²) in [6.07, 6.45) is 0. The molecule has 0 aromatic heterocycles. The second kappa shape index (κ2) is 3.36. The number of benzene rings is 1. The van der Waals surface area contributed by atoms with Crippen molar-refractivity contribution in [2.24, 2.45) is 4.99 Å². The van der Waals surface area contributed by atoms with E-state index < -0.39 is 0 Å². The summed E-state index contributed by atoms with van der Waals surface area (Å²) in [7, 11) is 0. The summed E-state index contributed by atoms with van der Waals surface area (Å²) in [5, 5.41) is 3.06. The lowest BCUT2D eigenvalue weighted by Gasteiger charge is -2.14. The van der Waals surface area contributed by atoms with Gasteiger partial charge in [0.2, 0.25) is 0 Å². The Kier molecular flexibility index (Phi) is 2.05. The van der Waals surface area contributed by atoms with Gasteiger partial charge in [-0.15, -0.1) is 0 Å². The molecule has 0 radical (unpaired) electrons. The molecule has 0 saturated heterocycles. The Morgan fingerprint density at radius 3 is 2.75 bits per heavy atom. The fraction of sp³-hybridized carbons (Fsp3) is 0.222. The zero-order valence-electron chi connectivity index (χ0n) is 6.66. The van der Waals surface area contributed by atoms with Gasteiger partial charge in [-0.1, -0.05) is 30.3 Å². The van der Waals surface area contributed by atoms with Crippen LogP contribution >= 0.6 is 0 Å². The van der Waals surface area contributed by atoms with E-state index in [0.29, 0.717) is 13.5 Å². The molecule has 0 fully saturated rings. The molecule has 1 aliphatic heterocycles. The maximum absolute atomic E-state index is 5.02. The van der Waals surface area contributed by atoms with Crippen molar-refractivity contribution in [3.8, 4) is 0 Å². The van der Waals surface area contributed by atoms with Gasteiger partial charge >= 0.3 is 0 Å². The van der Waals surface area contributed by atoms with Gasteiger partial charge in [0.1, 0.15) is 19.3 Å². The van der Waals surface area contributed by atoms with Crippen molar-refractivity contribution in [1.29, 1.82) is 0 Å². The number of aliphatic imine (C=N–C) groups is 1. The normalized spacial score (nSPS) is 16.5. The van der Waals surface area contributed by atoms with Crippen LogP contribution in [-0.4, -0.2) is 19.3 Å². The van der Waals surface area contributed by atoms with E-state index in [0.717, 1.165) is 11.4 Å². The van der Waals surface area contributed by atoms with Gasteiger partial charge in [0, 0.05) is 5.56 Å². The molecule has 1 aromatic rings. The molecule has 3 heteroatoms. The topological polar surface area (TPSA) is 33.6 Å². The average Bonchev–Trinajstić information content (AvgIpc) is 2.21. The standard InChI is InChI=1S/C9H10N2O/c1-2-4-8(5-3-1)9-10-6-12-7-11-9/h1-5H,6-7H2,(H,10,11). The van der Waals surface area contributed by atoms with Crippen LogP contribution in [0, 0.1) is 0 Å². The number of hydrogen-bond donors (Lipinski definition) is 1. The molecule has 2 rings (SSSR count). The molecule has 0 amide bonds. The molecule has 0 saturated carbocycles. The molecule has 1 aliphatic rings. The molecule has 12 heavy (non-hydrogen) atoms. The molecule has 1 heterocycles. The van der Waals surface area contributed by atoms with Gasteiger partial charge in [0.25, 0.3) is 0 Å². The minimum absolute atomic E-state index is 0.456. The lowest BCUT2D eigenvalue weighted by atomic mass is 10.2. The van der Waals surface area contributed by atoms with Crippen molar-refractivity contribution in [3.05, 3.63) is 35.9 Å². The van der Waals surface area contributed by atoms with E-state index in [-0.39, 0.29) is 0 Å². The van der Waals surface area contributed by atoms with E-state index in [1.807, 2.05) is 30.3 Å². The van der Waals surface area contributed by atoms with Gasteiger partial charge in [-0.25, -0.2) is 4.99 Å². The Bertz CT molecular complexity index is 282. The quantitative estimate of drug-likeness (QED) is 0.667. The number of amidine groups is 1. The lowest BCUT2D eigenvalue weighted by molar-refractivity contribution is 0.126. The molecule has 0 bridgehead atoms. The minimum Gasteiger partial charge on any atom is -0.347 e. The van der Waals surface area contributed by atoms with Gasteiger partial charge < -0.3 is 10.1 Å². The molecule has 1 N–H and O–H groups in total. The number of nitrogens with zero attached hydrogens (tertiary/aromatic N) is 1. The summed E-state index contributed by atoms with van der Waals surface area (Å²) in [4.78, 5) is 4.18. The van der Waals surface area contributed by atoms with Gasteiger partial charge in [-0.2, -0.15) is 0 Å². The Morgan fingerprint density at radius 1 is 1.25 bits per heavy atom. The Hall–Kier alpha value is -1.35. The summed E-state index contributed by atoms with van der Waals surface area (Å²) >= 11 is 0. The SMILES string of the molecule is c1ccc(C2=NCOCN2)cc1. The maximum Gasteiger partial charge on any atom is 0.142 e. The van der Waals surface area contributed by atoms with Crippen LogP contribution in [0.3, 0.4) is 0 Å². The van der Waals surface area contributed by atoms with E-state index in [2.05, 4.69) is 10.3 Å². The molecule has 62 valence electrons. The Morgan fingerprint density at radius 2 is 2.08 bits per heavy atom. The first-order chi connectivity index (χ1) is 5.97.